The largest absolute Gasteiger partial charge is 0.343 e. The molecule has 1 atom stereocenters. The second-order valence-electron chi connectivity index (χ2n) is 9.26. The summed E-state index contributed by atoms with van der Waals surface area (Å²) in [7, 11) is 0. The van der Waals surface area contributed by atoms with E-state index in [9.17, 15) is 4.79 Å². The quantitative estimate of drug-likeness (QED) is 0.530. The number of hydrogen-bond donors (Lipinski definition) is 0. The van der Waals surface area contributed by atoms with Crippen LogP contribution in [0.1, 0.15) is 38.7 Å². The van der Waals surface area contributed by atoms with Gasteiger partial charge in [0.1, 0.15) is 0 Å². The minimum atomic E-state index is -0.711. The molecule has 2 aliphatic heterocycles. The second-order valence-corrected chi connectivity index (χ2v) is 9.26. The number of nitrogens with zero attached hydrogens (tertiary/aromatic N) is 2. The minimum Gasteiger partial charge on any atom is -0.343 e. The summed E-state index contributed by atoms with van der Waals surface area (Å²) < 4.78 is 12.6. The molecule has 2 aromatic carbocycles. The number of aromatic nitrogens is 1. The van der Waals surface area contributed by atoms with E-state index in [0.717, 1.165) is 54.4 Å². The number of piperidine rings is 1. The number of fused-ring (bicyclic) bond motifs is 1. The molecule has 0 aliphatic carbocycles. The highest BCUT2D eigenvalue weighted by molar-refractivity contribution is 5.84. The van der Waals surface area contributed by atoms with E-state index in [1.54, 1.807) is 0 Å². The normalized spacial score (nSPS) is 19.6. The maximum Gasteiger partial charge on any atom is 0.225 e. The van der Waals surface area contributed by atoms with Gasteiger partial charge in [-0.15, -0.1) is 0 Å². The van der Waals surface area contributed by atoms with Gasteiger partial charge in [0.25, 0.3) is 0 Å². The molecule has 3 aromatic rings. The number of rotatable bonds is 5. The van der Waals surface area contributed by atoms with Gasteiger partial charge in [0.15, 0.2) is 5.79 Å². The highest BCUT2D eigenvalue weighted by atomic mass is 16.7. The lowest BCUT2D eigenvalue weighted by Gasteiger charge is -2.41. The fourth-order valence-corrected chi connectivity index (χ4v) is 5.18. The van der Waals surface area contributed by atoms with Gasteiger partial charge in [0.05, 0.1) is 18.7 Å². The summed E-state index contributed by atoms with van der Waals surface area (Å²) in [4.78, 5) is 19.1. The standard InChI is InChI=1S/C28H32N2O3/c1-3-20(2)27(31)30-15-12-25(13-16-30)28(32-17-18-33-28)24-9-6-21(7-10-24)22-8-11-26-23(19-22)5-4-14-29-26/h4-11,14,19-20,25H,3,12-13,15-18H2,1-2H3. The summed E-state index contributed by atoms with van der Waals surface area (Å²) in [5.74, 6) is -0.114. The highest BCUT2D eigenvalue weighted by Crippen LogP contribution is 2.44. The van der Waals surface area contributed by atoms with Crippen molar-refractivity contribution in [2.45, 2.75) is 38.9 Å². The van der Waals surface area contributed by atoms with Gasteiger partial charge in [-0.05, 0) is 48.6 Å². The molecule has 0 bridgehead atoms. The van der Waals surface area contributed by atoms with Gasteiger partial charge in [-0.25, -0.2) is 0 Å². The third-order valence-corrected chi connectivity index (χ3v) is 7.32. The van der Waals surface area contributed by atoms with Crippen LogP contribution in [0, 0.1) is 11.8 Å². The van der Waals surface area contributed by atoms with Crippen LogP contribution >= 0.6 is 0 Å². The first-order chi connectivity index (χ1) is 16.1. The van der Waals surface area contributed by atoms with E-state index in [1.165, 1.54) is 5.56 Å². The van der Waals surface area contributed by atoms with Gasteiger partial charge in [0.2, 0.25) is 5.91 Å². The summed E-state index contributed by atoms with van der Waals surface area (Å²) in [6, 6.07) is 19.0. The number of likely N-dealkylation sites (tertiary alicyclic amines) is 1. The lowest BCUT2D eigenvalue weighted by molar-refractivity contribution is -0.214. The molecule has 5 heteroatoms. The predicted octanol–water partition coefficient (Wildman–Crippen LogP) is 5.39. The van der Waals surface area contributed by atoms with Gasteiger partial charge in [-0.1, -0.05) is 50.2 Å². The molecule has 0 radical (unpaired) electrons. The molecule has 1 unspecified atom stereocenters. The zero-order valence-electron chi connectivity index (χ0n) is 19.5. The molecule has 1 aromatic heterocycles. The molecule has 0 spiro atoms. The average Bonchev–Trinajstić information content (AvgIpc) is 3.39. The number of amides is 1. The highest BCUT2D eigenvalue weighted by Gasteiger charge is 2.47. The summed E-state index contributed by atoms with van der Waals surface area (Å²) in [5, 5.41) is 1.14. The summed E-state index contributed by atoms with van der Waals surface area (Å²) in [6.45, 7) is 6.84. The van der Waals surface area contributed by atoms with Gasteiger partial charge in [-0.2, -0.15) is 0 Å². The smallest absolute Gasteiger partial charge is 0.225 e. The first-order valence-electron chi connectivity index (χ1n) is 12.1. The number of pyridine rings is 1. The first kappa shape index (κ1) is 22.1. The van der Waals surface area contributed by atoms with Crippen LogP contribution < -0.4 is 0 Å². The Kier molecular flexibility index (Phi) is 6.17. The van der Waals surface area contributed by atoms with Crippen LogP contribution in [0.15, 0.2) is 60.8 Å². The lowest BCUT2D eigenvalue weighted by atomic mass is 9.83. The monoisotopic (exact) mass is 444 g/mol. The van der Waals surface area contributed by atoms with Crippen molar-refractivity contribution < 1.29 is 14.3 Å². The van der Waals surface area contributed by atoms with E-state index in [-0.39, 0.29) is 17.7 Å². The topological polar surface area (TPSA) is 51.7 Å². The Balaban J connectivity index is 1.36. The minimum absolute atomic E-state index is 0.0907. The third kappa shape index (κ3) is 4.16. The molecular formula is C28H32N2O3. The first-order valence-corrected chi connectivity index (χ1v) is 12.1. The molecule has 5 rings (SSSR count). The van der Waals surface area contributed by atoms with Crippen molar-refractivity contribution in [3.8, 4) is 11.1 Å². The van der Waals surface area contributed by atoms with Crippen molar-refractivity contribution in [2.75, 3.05) is 26.3 Å². The molecule has 172 valence electrons. The molecule has 2 saturated heterocycles. The fourth-order valence-electron chi connectivity index (χ4n) is 5.18. The Labute approximate surface area is 195 Å². The van der Waals surface area contributed by atoms with Crippen molar-refractivity contribution in [1.82, 2.24) is 9.88 Å². The Morgan fingerprint density at radius 3 is 2.45 bits per heavy atom. The zero-order chi connectivity index (χ0) is 22.8. The van der Waals surface area contributed by atoms with Crippen molar-refractivity contribution in [3.05, 3.63) is 66.4 Å². The Hall–Kier alpha value is -2.76. The van der Waals surface area contributed by atoms with Gasteiger partial charge in [0, 0.05) is 42.1 Å². The van der Waals surface area contributed by atoms with E-state index >= 15 is 0 Å². The Morgan fingerprint density at radius 1 is 1.06 bits per heavy atom. The van der Waals surface area contributed by atoms with Gasteiger partial charge < -0.3 is 14.4 Å². The van der Waals surface area contributed by atoms with Crippen LogP contribution in [-0.2, 0) is 20.1 Å². The van der Waals surface area contributed by atoms with Crippen LogP contribution in [0.4, 0.5) is 0 Å². The SMILES string of the molecule is CCC(C)C(=O)N1CCC(C2(c3ccc(-c4ccc5ncccc5c4)cc3)OCCO2)CC1. The zero-order valence-corrected chi connectivity index (χ0v) is 19.5. The summed E-state index contributed by atoms with van der Waals surface area (Å²) in [6.07, 6.45) is 4.49. The number of carbonyl (C=O) groups is 1. The molecule has 2 fully saturated rings. The molecule has 3 heterocycles. The van der Waals surface area contributed by atoms with Crippen LogP contribution in [0.5, 0.6) is 0 Å². The van der Waals surface area contributed by atoms with Crippen molar-refractivity contribution in [1.29, 1.82) is 0 Å². The van der Waals surface area contributed by atoms with E-state index in [4.69, 9.17) is 9.47 Å². The van der Waals surface area contributed by atoms with Crippen LogP contribution in [0.2, 0.25) is 0 Å². The summed E-state index contributed by atoms with van der Waals surface area (Å²) in [5.41, 5.74) is 4.40. The predicted molar refractivity (Wildman–Crippen MR) is 130 cm³/mol. The molecule has 5 nitrogen and oxygen atoms in total. The second kappa shape index (κ2) is 9.24. The van der Waals surface area contributed by atoms with Crippen molar-refractivity contribution >= 4 is 16.8 Å². The van der Waals surface area contributed by atoms with Crippen LogP contribution in [-0.4, -0.2) is 42.1 Å². The van der Waals surface area contributed by atoms with E-state index < -0.39 is 5.79 Å². The lowest BCUT2D eigenvalue weighted by Crippen LogP contribution is -2.47. The van der Waals surface area contributed by atoms with Gasteiger partial charge in [-0.3, -0.25) is 9.78 Å². The maximum atomic E-state index is 12.6. The van der Waals surface area contributed by atoms with Gasteiger partial charge >= 0.3 is 0 Å². The third-order valence-electron chi connectivity index (χ3n) is 7.32. The molecule has 0 N–H and O–H groups in total. The van der Waals surface area contributed by atoms with E-state index in [1.807, 2.05) is 24.1 Å². The van der Waals surface area contributed by atoms with Crippen molar-refractivity contribution in [2.24, 2.45) is 11.8 Å². The molecule has 1 amide bonds. The Morgan fingerprint density at radius 2 is 1.76 bits per heavy atom. The summed E-state index contributed by atoms with van der Waals surface area (Å²) >= 11 is 0. The fraction of sp³-hybridized carbons (Fsp3) is 0.429. The van der Waals surface area contributed by atoms with Crippen LogP contribution in [0.25, 0.3) is 22.0 Å². The maximum absolute atomic E-state index is 12.6. The number of ether oxygens (including phenoxy) is 2. The Bertz CT molecular complexity index is 1110. The number of hydrogen-bond acceptors (Lipinski definition) is 4. The average molecular weight is 445 g/mol. The molecular weight excluding hydrogens is 412 g/mol. The van der Waals surface area contributed by atoms with E-state index in [2.05, 4.69) is 60.4 Å². The number of carbonyl (C=O) groups excluding carboxylic acids is 1. The van der Waals surface area contributed by atoms with Crippen molar-refractivity contribution in [3.63, 3.8) is 0 Å². The van der Waals surface area contributed by atoms with Crippen LogP contribution in [0.3, 0.4) is 0 Å². The molecule has 0 saturated carbocycles. The number of benzene rings is 2. The van der Waals surface area contributed by atoms with E-state index in [0.29, 0.717) is 13.2 Å². The molecule has 2 aliphatic rings. The molecule has 33 heavy (non-hydrogen) atoms.